The minimum Gasteiger partial charge on any atom is -0.497 e. The molecule has 112 valence electrons. The Balaban J connectivity index is 2.23. The van der Waals surface area contributed by atoms with E-state index in [1.165, 1.54) is 0 Å². The average molecular weight is 368 g/mol. The van der Waals surface area contributed by atoms with Gasteiger partial charge >= 0.3 is 0 Å². The van der Waals surface area contributed by atoms with Crippen molar-refractivity contribution >= 4 is 33.2 Å². The molecule has 1 heterocycles. The second kappa shape index (κ2) is 7.09. The van der Waals surface area contributed by atoms with Gasteiger partial charge in [-0.05, 0) is 51.5 Å². The van der Waals surface area contributed by atoms with Crippen molar-refractivity contribution in [3.63, 3.8) is 0 Å². The highest BCUT2D eigenvalue weighted by molar-refractivity contribution is 9.10. The molecule has 0 saturated carbocycles. The van der Waals surface area contributed by atoms with Crippen LogP contribution in [0.25, 0.3) is 0 Å². The van der Waals surface area contributed by atoms with E-state index in [0.717, 1.165) is 9.35 Å². The van der Waals surface area contributed by atoms with Gasteiger partial charge in [0, 0.05) is 9.35 Å². The monoisotopic (exact) mass is 367 g/mol. The fraction of sp³-hybridized carbons (Fsp3) is 0.312. The Kier molecular flexibility index (Phi) is 5.42. The largest absolute Gasteiger partial charge is 0.497 e. The Morgan fingerprint density at radius 2 is 2.10 bits per heavy atom. The number of halogens is 1. The van der Waals surface area contributed by atoms with Crippen LogP contribution in [0, 0.1) is 5.92 Å². The van der Waals surface area contributed by atoms with Gasteiger partial charge in [0.1, 0.15) is 5.75 Å². The third-order valence-electron chi connectivity index (χ3n) is 3.22. The number of carbonyl (C=O) groups is 1. The Morgan fingerprint density at radius 3 is 2.67 bits per heavy atom. The number of rotatable bonds is 5. The van der Waals surface area contributed by atoms with E-state index in [1.54, 1.807) is 24.5 Å². The molecular formula is C16H18BrNO2S. The molecule has 1 N–H and O–H groups in total. The molecule has 5 heteroatoms. The number of amides is 1. The number of methoxy groups -OCH3 is 1. The summed E-state index contributed by atoms with van der Waals surface area (Å²) in [5.74, 6) is 0.880. The van der Waals surface area contributed by atoms with E-state index in [0.29, 0.717) is 17.2 Å². The van der Waals surface area contributed by atoms with Crippen LogP contribution in [0.4, 0.5) is 0 Å². The highest BCUT2D eigenvalue weighted by Crippen LogP contribution is 2.28. The first kappa shape index (κ1) is 16.0. The van der Waals surface area contributed by atoms with Gasteiger partial charge in [-0.1, -0.05) is 19.9 Å². The molecule has 1 aromatic carbocycles. The SMILES string of the molecule is COc1ccc(Br)c(C(=O)NC(c2cccs2)C(C)C)c1. The number of hydrogen-bond acceptors (Lipinski definition) is 3. The van der Waals surface area contributed by atoms with Crippen molar-refractivity contribution in [3.05, 3.63) is 50.6 Å². The molecule has 1 amide bonds. The molecule has 0 aliphatic heterocycles. The number of ether oxygens (including phenoxy) is 1. The van der Waals surface area contributed by atoms with E-state index >= 15 is 0 Å². The van der Waals surface area contributed by atoms with E-state index in [1.807, 2.05) is 23.6 Å². The molecule has 1 unspecified atom stereocenters. The Morgan fingerprint density at radius 1 is 1.33 bits per heavy atom. The highest BCUT2D eigenvalue weighted by atomic mass is 79.9. The molecule has 2 rings (SSSR count). The molecule has 3 nitrogen and oxygen atoms in total. The summed E-state index contributed by atoms with van der Waals surface area (Å²) < 4.78 is 5.94. The number of benzene rings is 1. The van der Waals surface area contributed by atoms with Crippen LogP contribution in [-0.4, -0.2) is 13.0 Å². The fourth-order valence-electron chi connectivity index (χ4n) is 2.06. The summed E-state index contributed by atoms with van der Waals surface area (Å²) in [6.45, 7) is 4.20. The van der Waals surface area contributed by atoms with Crippen molar-refractivity contribution in [3.8, 4) is 5.75 Å². The summed E-state index contributed by atoms with van der Waals surface area (Å²) in [6.07, 6.45) is 0. The summed E-state index contributed by atoms with van der Waals surface area (Å²) in [6, 6.07) is 9.45. The summed E-state index contributed by atoms with van der Waals surface area (Å²) >= 11 is 5.08. The molecule has 21 heavy (non-hydrogen) atoms. The number of nitrogens with one attached hydrogen (secondary N) is 1. The molecule has 1 atom stereocenters. The molecule has 0 aliphatic carbocycles. The van der Waals surface area contributed by atoms with Gasteiger partial charge in [0.15, 0.2) is 0 Å². The van der Waals surface area contributed by atoms with E-state index < -0.39 is 0 Å². The van der Waals surface area contributed by atoms with Crippen LogP contribution in [0.3, 0.4) is 0 Å². The molecule has 2 aromatic rings. The first-order valence-electron chi connectivity index (χ1n) is 6.70. The van der Waals surface area contributed by atoms with Crippen LogP contribution in [-0.2, 0) is 0 Å². The van der Waals surface area contributed by atoms with Crippen LogP contribution < -0.4 is 10.1 Å². The number of hydrogen-bond donors (Lipinski definition) is 1. The van der Waals surface area contributed by atoms with Crippen molar-refractivity contribution in [1.82, 2.24) is 5.32 Å². The molecule has 0 fully saturated rings. The molecular weight excluding hydrogens is 350 g/mol. The van der Waals surface area contributed by atoms with Crippen molar-refractivity contribution < 1.29 is 9.53 Å². The number of carbonyl (C=O) groups excluding carboxylic acids is 1. The Hall–Kier alpha value is -1.33. The molecule has 0 radical (unpaired) electrons. The third kappa shape index (κ3) is 3.86. The van der Waals surface area contributed by atoms with Gasteiger partial charge < -0.3 is 10.1 Å². The summed E-state index contributed by atoms with van der Waals surface area (Å²) in [5, 5.41) is 5.14. The normalized spacial score (nSPS) is 12.2. The number of thiophene rings is 1. The quantitative estimate of drug-likeness (QED) is 0.835. The first-order valence-corrected chi connectivity index (χ1v) is 8.38. The smallest absolute Gasteiger partial charge is 0.253 e. The topological polar surface area (TPSA) is 38.3 Å². The van der Waals surface area contributed by atoms with Gasteiger partial charge in [-0.2, -0.15) is 0 Å². The Labute approximate surface area is 137 Å². The second-order valence-corrected chi connectivity index (χ2v) is 6.89. The molecule has 0 spiro atoms. The van der Waals surface area contributed by atoms with Crippen LogP contribution in [0.15, 0.2) is 40.2 Å². The maximum absolute atomic E-state index is 12.6. The summed E-state index contributed by atoms with van der Waals surface area (Å²) in [7, 11) is 1.59. The van der Waals surface area contributed by atoms with Crippen LogP contribution in [0.5, 0.6) is 5.75 Å². The maximum atomic E-state index is 12.6. The van der Waals surface area contributed by atoms with Gasteiger partial charge in [0.2, 0.25) is 0 Å². The average Bonchev–Trinajstić information content (AvgIpc) is 2.98. The van der Waals surface area contributed by atoms with Gasteiger partial charge in [-0.25, -0.2) is 0 Å². The predicted molar refractivity (Wildman–Crippen MR) is 90.1 cm³/mol. The second-order valence-electron chi connectivity index (χ2n) is 5.06. The first-order chi connectivity index (χ1) is 10.0. The van der Waals surface area contributed by atoms with Crippen LogP contribution in [0.1, 0.15) is 35.1 Å². The van der Waals surface area contributed by atoms with Crippen molar-refractivity contribution in [1.29, 1.82) is 0 Å². The minimum absolute atomic E-state index is 0.00982. The molecule has 0 bridgehead atoms. The Bertz CT molecular complexity index is 611. The van der Waals surface area contributed by atoms with E-state index in [-0.39, 0.29) is 11.9 Å². The lowest BCUT2D eigenvalue weighted by molar-refractivity contribution is 0.0925. The summed E-state index contributed by atoms with van der Waals surface area (Å²) in [4.78, 5) is 13.7. The highest BCUT2D eigenvalue weighted by Gasteiger charge is 2.21. The van der Waals surface area contributed by atoms with Crippen molar-refractivity contribution in [2.75, 3.05) is 7.11 Å². The van der Waals surface area contributed by atoms with E-state index in [9.17, 15) is 4.79 Å². The maximum Gasteiger partial charge on any atom is 0.253 e. The van der Waals surface area contributed by atoms with Gasteiger partial charge in [0.25, 0.3) is 5.91 Å². The van der Waals surface area contributed by atoms with Crippen molar-refractivity contribution in [2.24, 2.45) is 5.92 Å². The van der Waals surface area contributed by atoms with E-state index in [4.69, 9.17) is 4.74 Å². The van der Waals surface area contributed by atoms with Crippen LogP contribution >= 0.6 is 27.3 Å². The lowest BCUT2D eigenvalue weighted by Crippen LogP contribution is -2.31. The lowest BCUT2D eigenvalue weighted by atomic mass is 10.0. The van der Waals surface area contributed by atoms with E-state index in [2.05, 4.69) is 41.2 Å². The zero-order valence-corrected chi connectivity index (χ0v) is 14.6. The molecule has 0 saturated heterocycles. The van der Waals surface area contributed by atoms with Gasteiger partial charge in [0.05, 0.1) is 18.7 Å². The minimum atomic E-state index is -0.104. The van der Waals surface area contributed by atoms with Gasteiger partial charge in [-0.15, -0.1) is 11.3 Å². The molecule has 1 aromatic heterocycles. The molecule has 0 aliphatic rings. The van der Waals surface area contributed by atoms with Crippen LogP contribution in [0.2, 0.25) is 0 Å². The zero-order valence-electron chi connectivity index (χ0n) is 12.2. The standard InChI is InChI=1S/C16H18BrNO2S/c1-10(2)15(14-5-4-8-21-14)18-16(19)12-9-11(20-3)6-7-13(12)17/h4-10,15H,1-3H3,(H,18,19). The third-order valence-corrected chi connectivity index (χ3v) is 4.87. The zero-order chi connectivity index (χ0) is 15.4. The fourth-order valence-corrected chi connectivity index (χ4v) is 3.43. The lowest BCUT2D eigenvalue weighted by Gasteiger charge is -2.21. The van der Waals surface area contributed by atoms with Gasteiger partial charge in [-0.3, -0.25) is 4.79 Å². The van der Waals surface area contributed by atoms with Crippen molar-refractivity contribution in [2.45, 2.75) is 19.9 Å². The summed E-state index contributed by atoms with van der Waals surface area (Å²) in [5.41, 5.74) is 0.580. The predicted octanol–water partition coefficient (Wildman–Crippen LogP) is 4.65.